The second kappa shape index (κ2) is 5.79. The minimum atomic E-state index is -1.02. The van der Waals surface area contributed by atoms with E-state index in [1.165, 1.54) is 37.8 Å². The highest BCUT2D eigenvalue weighted by molar-refractivity contribution is 5.78. The number of amides is 1. The molecule has 0 spiro atoms. The summed E-state index contributed by atoms with van der Waals surface area (Å²) >= 11 is 0. The van der Waals surface area contributed by atoms with E-state index in [0.29, 0.717) is 36.9 Å². The molecule has 1 aromatic carbocycles. The normalized spacial score (nSPS) is 41.5. The smallest absolute Gasteiger partial charge is 0.223 e. The van der Waals surface area contributed by atoms with Crippen LogP contribution in [0.25, 0.3) is 0 Å². The third-order valence-corrected chi connectivity index (χ3v) is 8.87. The van der Waals surface area contributed by atoms with E-state index in [1.54, 1.807) is 17.0 Å². The average molecular weight is 371 g/mol. The molecule has 1 heterocycles. The fourth-order valence-corrected chi connectivity index (χ4v) is 6.93. The summed E-state index contributed by atoms with van der Waals surface area (Å²) in [6.07, 6.45) is 5.83. The number of hydrogen-bond acceptors (Lipinski definition) is 2. The molecule has 4 bridgehead atoms. The Morgan fingerprint density at radius 1 is 1.11 bits per heavy atom. The third kappa shape index (κ3) is 2.59. The lowest BCUT2D eigenvalue weighted by Crippen LogP contribution is -2.63. The van der Waals surface area contributed by atoms with Crippen LogP contribution in [0.3, 0.4) is 0 Å². The van der Waals surface area contributed by atoms with Gasteiger partial charge in [-0.1, -0.05) is 26.0 Å². The van der Waals surface area contributed by atoms with Crippen molar-refractivity contribution in [1.29, 1.82) is 0 Å². The highest BCUT2D eigenvalue weighted by Gasteiger charge is 2.58. The molecule has 0 unspecified atom stereocenters. The van der Waals surface area contributed by atoms with E-state index in [0.717, 1.165) is 17.8 Å². The molecule has 0 aromatic heterocycles. The zero-order valence-electron chi connectivity index (χ0n) is 16.3. The first-order chi connectivity index (χ1) is 12.8. The lowest BCUT2D eigenvalue weighted by atomic mass is 9.43. The molecule has 0 atom stereocenters. The van der Waals surface area contributed by atoms with Gasteiger partial charge in [0.05, 0.1) is 13.1 Å². The maximum Gasteiger partial charge on any atom is 0.223 e. The molecule has 4 heteroatoms. The number of hydrogen-bond donors (Lipinski definition) is 1. The minimum Gasteiger partial charge on any atom is -0.381 e. The van der Waals surface area contributed by atoms with Crippen LogP contribution < -0.4 is 0 Å². The molecule has 1 aliphatic heterocycles. The molecule has 4 saturated carbocycles. The van der Waals surface area contributed by atoms with E-state index in [1.807, 2.05) is 0 Å². The number of aliphatic hydroxyl groups is 1. The fourth-order valence-electron chi connectivity index (χ4n) is 6.93. The van der Waals surface area contributed by atoms with Crippen LogP contribution in [0.15, 0.2) is 24.3 Å². The Balaban J connectivity index is 1.25. The van der Waals surface area contributed by atoms with Gasteiger partial charge in [-0.25, -0.2) is 4.39 Å². The number of nitrogens with zero attached hydrogens (tertiary/aromatic N) is 1. The van der Waals surface area contributed by atoms with Crippen molar-refractivity contribution < 1.29 is 14.3 Å². The van der Waals surface area contributed by atoms with Crippen molar-refractivity contribution in [1.82, 2.24) is 4.90 Å². The first-order valence-corrected chi connectivity index (χ1v) is 10.5. The van der Waals surface area contributed by atoms with Crippen molar-refractivity contribution >= 4 is 5.91 Å². The molecule has 0 radical (unpaired) electrons. The van der Waals surface area contributed by atoms with Crippen molar-refractivity contribution in [3.63, 3.8) is 0 Å². The molecule has 1 saturated heterocycles. The highest BCUT2D eigenvalue weighted by atomic mass is 19.1. The van der Waals surface area contributed by atoms with E-state index >= 15 is 0 Å². The third-order valence-electron chi connectivity index (χ3n) is 8.87. The lowest BCUT2D eigenvalue weighted by Gasteiger charge is -2.63. The number of rotatable bonds is 3. The molecule has 5 fully saturated rings. The second-order valence-corrected chi connectivity index (χ2v) is 10.2. The zero-order chi connectivity index (χ0) is 19.0. The van der Waals surface area contributed by atoms with Gasteiger partial charge in [0, 0.05) is 6.42 Å². The quantitative estimate of drug-likeness (QED) is 0.874. The van der Waals surface area contributed by atoms with Gasteiger partial charge in [-0.2, -0.15) is 0 Å². The number of benzene rings is 1. The summed E-state index contributed by atoms with van der Waals surface area (Å²) in [5.41, 5.74) is -0.194. The molecule has 3 nitrogen and oxygen atoms in total. The maximum absolute atomic E-state index is 13.1. The van der Waals surface area contributed by atoms with Crippen LogP contribution in [0.2, 0.25) is 0 Å². The molecule has 1 N–H and O–H groups in total. The van der Waals surface area contributed by atoms with E-state index in [-0.39, 0.29) is 17.1 Å². The molecule has 5 aliphatic rings. The average Bonchev–Trinajstić information content (AvgIpc) is 2.58. The Labute approximate surface area is 160 Å². The van der Waals surface area contributed by atoms with E-state index in [2.05, 4.69) is 13.8 Å². The van der Waals surface area contributed by atoms with Crippen molar-refractivity contribution in [2.24, 2.45) is 35.0 Å². The molecule has 1 amide bonds. The van der Waals surface area contributed by atoms with Gasteiger partial charge in [0.2, 0.25) is 5.91 Å². The number of halogens is 1. The molecule has 27 heavy (non-hydrogen) atoms. The molecule has 146 valence electrons. The number of β-amino-alcohol motifs (C(OH)–C–C–N with tert-alkyl or cyclic N) is 1. The van der Waals surface area contributed by atoms with Crippen molar-refractivity contribution in [2.75, 3.05) is 13.1 Å². The SMILES string of the molecule is CC1C2CC3CC1CC(C2)C3(C)CC(=O)N1CC(O)(c2ccc(F)cc2)C1. The summed E-state index contributed by atoms with van der Waals surface area (Å²) in [4.78, 5) is 14.8. The van der Waals surface area contributed by atoms with Gasteiger partial charge < -0.3 is 10.0 Å². The minimum absolute atomic E-state index is 0.133. The molecule has 6 rings (SSSR count). The topological polar surface area (TPSA) is 40.5 Å². The van der Waals surface area contributed by atoms with Crippen LogP contribution >= 0.6 is 0 Å². The Morgan fingerprint density at radius 3 is 2.15 bits per heavy atom. The molecule has 4 aliphatic carbocycles. The molecular weight excluding hydrogens is 341 g/mol. The lowest BCUT2D eigenvalue weighted by molar-refractivity contribution is -0.171. The summed E-state index contributed by atoms with van der Waals surface area (Å²) in [5.74, 6) is 3.89. The Morgan fingerprint density at radius 2 is 1.63 bits per heavy atom. The maximum atomic E-state index is 13.1. The predicted molar refractivity (Wildman–Crippen MR) is 101 cm³/mol. The summed E-state index contributed by atoms with van der Waals surface area (Å²) in [6, 6.07) is 5.98. The van der Waals surface area contributed by atoms with Crippen LogP contribution in [0.1, 0.15) is 51.5 Å². The summed E-state index contributed by atoms with van der Waals surface area (Å²) in [6.45, 7) is 5.44. The van der Waals surface area contributed by atoms with Crippen LogP contribution in [-0.2, 0) is 10.4 Å². The van der Waals surface area contributed by atoms with E-state index in [4.69, 9.17) is 0 Å². The van der Waals surface area contributed by atoms with Gasteiger partial charge >= 0.3 is 0 Å². The number of carbonyl (C=O) groups excluding carboxylic acids is 1. The van der Waals surface area contributed by atoms with Gasteiger partial charge in [0.1, 0.15) is 11.4 Å². The summed E-state index contributed by atoms with van der Waals surface area (Å²) in [7, 11) is 0. The Kier molecular flexibility index (Phi) is 3.79. The fraction of sp³-hybridized carbons (Fsp3) is 0.696. The molecular formula is C23H30FNO2. The summed E-state index contributed by atoms with van der Waals surface area (Å²) < 4.78 is 13.1. The van der Waals surface area contributed by atoms with E-state index in [9.17, 15) is 14.3 Å². The van der Waals surface area contributed by atoms with Crippen LogP contribution in [0.4, 0.5) is 4.39 Å². The predicted octanol–water partition coefficient (Wildman–Crippen LogP) is 3.95. The largest absolute Gasteiger partial charge is 0.381 e. The van der Waals surface area contributed by atoms with Crippen LogP contribution in [-0.4, -0.2) is 29.0 Å². The van der Waals surface area contributed by atoms with Crippen LogP contribution in [0, 0.1) is 40.8 Å². The first-order valence-electron chi connectivity index (χ1n) is 10.5. The van der Waals surface area contributed by atoms with Crippen molar-refractivity contribution in [3.8, 4) is 0 Å². The van der Waals surface area contributed by atoms with Crippen LogP contribution in [0.5, 0.6) is 0 Å². The standard InChI is InChI=1S/C23H30FNO2/c1-14-15-7-18-9-16(14)10-19(8-15)22(18,2)11-21(26)25-12-23(27,13-25)17-3-5-20(24)6-4-17/h3-6,14-16,18-19,27H,7-13H2,1-2H3. The summed E-state index contributed by atoms with van der Waals surface area (Å²) in [5, 5.41) is 10.8. The Hall–Kier alpha value is -1.42. The van der Waals surface area contributed by atoms with Gasteiger partial charge in [-0.3, -0.25) is 4.79 Å². The Bertz CT molecular complexity index is 722. The van der Waals surface area contributed by atoms with Gasteiger partial charge in [0.25, 0.3) is 0 Å². The monoisotopic (exact) mass is 371 g/mol. The molecule has 1 aromatic rings. The second-order valence-electron chi connectivity index (χ2n) is 10.2. The number of carbonyl (C=O) groups is 1. The highest BCUT2D eigenvalue weighted by Crippen LogP contribution is 2.65. The number of likely N-dealkylation sites (tertiary alicyclic amines) is 1. The van der Waals surface area contributed by atoms with Crippen molar-refractivity contribution in [2.45, 2.75) is 51.6 Å². The van der Waals surface area contributed by atoms with Gasteiger partial charge in [0.15, 0.2) is 0 Å². The van der Waals surface area contributed by atoms with Crippen molar-refractivity contribution in [3.05, 3.63) is 35.6 Å². The van der Waals surface area contributed by atoms with E-state index < -0.39 is 5.60 Å². The first kappa shape index (κ1) is 17.7. The zero-order valence-corrected chi connectivity index (χ0v) is 16.3. The van der Waals surface area contributed by atoms with Gasteiger partial charge in [-0.05, 0) is 78.4 Å². The van der Waals surface area contributed by atoms with Gasteiger partial charge in [-0.15, -0.1) is 0 Å².